The Morgan fingerprint density at radius 3 is 1.90 bits per heavy atom. The maximum atomic E-state index is 11.9. The zero-order chi connectivity index (χ0) is 15.5. The molecule has 0 aromatic rings. The van der Waals surface area contributed by atoms with E-state index in [2.05, 4.69) is 10.6 Å². The number of carbonyl (C=O) groups excluding carboxylic acids is 2. The van der Waals surface area contributed by atoms with Gasteiger partial charge in [0.1, 0.15) is 9.84 Å². The van der Waals surface area contributed by atoms with Crippen molar-refractivity contribution in [2.75, 3.05) is 24.6 Å². The third-order valence-corrected chi connectivity index (χ3v) is 5.88. The molecule has 2 aliphatic rings. The van der Waals surface area contributed by atoms with E-state index >= 15 is 0 Å². The van der Waals surface area contributed by atoms with Crippen molar-refractivity contribution in [2.45, 2.75) is 44.7 Å². The van der Waals surface area contributed by atoms with Crippen LogP contribution < -0.4 is 10.6 Å². The lowest BCUT2D eigenvalue weighted by molar-refractivity contribution is -0.129. The molecule has 2 aliphatic heterocycles. The van der Waals surface area contributed by atoms with Crippen LogP contribution in [0.25, 0.3) is 0 Å². The molecule has 2 saturated heterocycles. The lowest BCUT2D eigenvalue weighted by atomic mass is 10.1. The summed E-state index contributed by atoms with van der Waals surface area (Å²) in [6.45, 7) is 2.89. The highest BCUT2D eigenvalue weighted by molar-refractivity contribution is 7.91. The number of rotatable bonds is 2. The fourth-order valence-electron chi connectivity index (χ4n) is 2.79. The summed E-state index contributed by atoms with van der Waals surface area (Å²) in [6.07, 6.45) is 2.48. The number of carbonyl (C=O) groups is 2. The van der Waals surface area contributed by atoms with Crippen molar-refractivity contribution in [2.24, 2.45) is 0 Å². The predicted molar refractivity (Wildman–Crippen MR) is 78.6 cm³/mol. The molecule has 0 aromatic carbocycles. The van der Waals surface area contributed by atoms with Crippen molar-refractivity contribution in [1.29, 1.82) is 0 Å². The molecule has 8 heteroatoms. The minimum Gasteiger partial charge on any atom is -0.343 e. The molecule has 0 radical (unpaired) electrons. The second-order valence-electron chi connectivity index (χ2n) is 5.82. The van der Waals surface area contributed by atoms with Gasteiger partial charge in [0.25, 0.3) is 0 Å². The van der Waals surface area contributed by atoms with Crippen LogP contribution in [-0.4, -0.2) is 61.9 Å². The normalized spacial score (nSPS) is 23.6. The van der Waals surface area contributed by atoms with E-state index in [0.29, 0.717) is 25.9 Å². The molecule has 0 aromatic heterocycles. The van der Waals surface area contributed by atoms with Crippen LogP contribution >= 0.6 is 0 Å². The standard InChI is InChI=1S/C13H23N3O4S/c1-10(17)16-6-2-11(3-7-16)14-13(18)15-12-4-8-21(19,20)9-5-12/h11-12H,2-9H2,1H3,(H2,14,15,18). The Morgan fingerprint density at radius 2 is 1.43 bits per heavy atom. The van der Waals surface area contributed by atoms with Gasteiger partial charge in [-0.05, 0) is 25.7 Å². The average molecular weight is 317 g/mol. The molecule has 120 valence electrons. The van der Waals surface area contributed by atoms with Crippen molar-refractivity contribution in [1.82, 2.24) is 15.5 Å². The topological polar surface area (TPSA) is 95.6 Å². The molecule has 2 N–H and O–H groups in total. The lowest BCUT2D eigenvalue weighted by Crippen LogP contribution is -2.51. The third kappa shape index (κ3) is 4.87. The van der Waals surface area contributed by atoms with Crippen LogP contribution in [0.5, 0.6) is 0 Å². The quantitative estimate of drug-likeness (QED) is 0.742. The molecule has 0 atom stereocenters. The second-order valence-corrected chi connectivity index (χ2v) is 8.13. The molecule has 21 heavy (non-hydrogen) atoms. The van der Waals surface area contributed by atoms with Gasteiger partial charge in [-0.3, -0.25) is 4.79 Å². The Kier molecular flexibility index (Phi) is 5.08. The minimum atomic E-state index is -2.90. The molecule has 0 bridgehead atoms. The van der Waals surface area contributed by atoms with Crippen molar-refractivity contribution < 1.29 is 18.0 Å². The first-order valence-corrected chi connectivity index (χ1v) is 9.21. The summed E-state index contributed by atoms with van der Waals surface area (Å²) in [5.41, 5.74) is 0. The molecule has 0 spiro atoms. The van der Waals surface area contributed by atoms with Crippen molar-refractivity contribution in [3.05, 3.63) is 0 Å². The number of piperidine rings is 1. The van der Waals surface area contributed by atoms with Crippen molar-refractivity contribution in [3.8, 4) is 0 Å². The average Bonchev–Trinajstić information content (AvgIpc) is 2.42. The van der Waals surface area contributed by atoms with Gasteiger partial charge < -0.3 is 15.5 Å². The number of hydrogen-bond acceptors (Lipinski definition) is 4. The summed E-state index contributed by atoms with van der Waals surface area (Å²) in [6, 6.07) is -0.223. The van der Waals surface area contributed by atoms with E-state index in [0.717, 1.165) is 12.8 Å². The first-order chi connectivity index (χ1) is 9.85. The minimum absolute atomic E-state index is 0.0640. The van der Waals surface area contributed by atoms with Gasteiger partial charge in [-0.1, -0.05) is 0 Å². The Morgan fingerprint density at radius 1 is 0.952 bits per heavy atom. The number of nitrogens with zero attached hydrogens (tertiary/aromatic N) is 1. The molecule has 2 heterocycles. The van der Waals surface area contributed by atoms with E-state index in [1.54, 1.807) is 11.8 Å². The molecular weight excluding hydrogens is 294 g/mol. The van der Waals surface area contributed by atoms with Crippen molar-refractivity contribution in [3.63, 3.8) is 0 Å². The van der Waals surface area contributed by atoms with Crippen LogP contribution in [0.15, 0.2) is 0 Å². The van der Waals surface area contributed by atoms with Gasteiger partial charge in [0.05, 0.1) is 11.5 Å². The maximum Gasteiger partial charge on any atom is 0.315 e. The van der Waals surface area contributed by atoms with E-state index in [9.17, 15) is 18.0 Å². The summed E-state index contributed by atoms with van der Waals surface area (Å²) < 4.78 is 22.6. The van der Waals surface area contributed by atoms with Crippen LogP contribution in [0.4, 0.5) is 4.79 Å². The number of nitrogens with one attached hydrogen (secondary N) is 2. The largest absolute Gasteiger partial charge is 0.343 e. The highest BCUT2D eigenvalue weighted by Gasteiger charge is 2.26. The smallest absolute Gasteiger partial charge is 0.315 e. The van der Waals surface area contributed by atoms with Crippen LogP contribution in [-0.2, 0) is 14.6 Å². The van der Waals surface area contributed by atoms with E-state index in [1.807, 2.05) is 0 Å². The summed E-state index contributed by atoms with van der Waals surface area (Å²) in [5.74, 6) is 0.366. The zero-order valence-electron chi connectivity index (χ0n) is 12.3. The molecule has 2 fully saturated rings. The van der Waals surface area contributed by atoms with Crippen molar-refractivity contribution >= 4 is 21.8 Å². The number of likely N-dealkylation sites (tertiary alicyclic amines) is 1. The molecule has 3 amide bonds. The SMILES string of the molecule is CC(=O)N1CCC(NC(=O)NC2CCS(=O)(=O)CC2)CC1. The number of amides is 3. The van der Waals surface area contributed by atoms with Crippen LogP contribution in [0.1, 0.15) is 32.6 Å². The molecule has 0 saturated carbocycles. The Hall–Kier alpha value is -1.31. The maximum absolute atomic E-state index is 11.9. The Balaban J connectivity index is 1.70. The Bertz CT molecular complexity index is 484. The van der Waals surface area contributed by atoms with E-state index in [4.69, 9.17) is 0 Å². The van der Waals surface area contributed by atoms with Gasteiger partial charge >= 0.3 is 6.03 Å². The summed E-state index contributed by atoms with van der Waals surface area (Å²) >= 11 is 0. The van der Waals surface area contributed by atoms with Crippen LogP contribution in [0, 0.1) is 0 Å². The molecule has 2 rings (SSSR count). The van der Waals surface area contributed by atoms with Gasteiger partial charge in [-0.15, -0.1) is 0 Å². The highest BCUT2D eigenvalue weighted by atomic mass is 32.2. The number of sulfone groups is 1. The van der Waals surface area contributed by atoms with Gasteiger partial charge in [0.15, 0.2) is 0 Å². The molecule has 0 aliphatic carbocycles. The van der Waals surface area contributed by atoms with Crippen LogP contribution in [0.2, 0.25) is 0 Å². The lowest BCUT2D eigenvalue weighted by Gasteiger charge is -2.32. The van der Waals surface area contributed by atoms with Gasteiger partial charge in [-0.25, -0.2) is 13.2 Å². The first-order valence-electron chi connectivity index (χ1n) is 7.39. The zero-order valence-corrected chi connectivity index (χ0v) is 13.1. The fraction of sp³-hybridized carbons (Fsp3) is 0.846. The Labute approximate surface area is 125 Å². The van der Waals surface area contributed by atoms with E-state index < -0.39 is 9.84 Å². The summed E-state index contributed by atoms with van der Waals surface area (Å²) in [7, 11) is -2.90. The predicted octanol–water partition coefficient (Wildman–Crippen LogP) is -0.126. The van der Waals surface area contributed by atoms with Gasteiger partial charge in [0, 0.05) is 32.1 Å². The van der Waals surface area contributed by atoms with Gasteiger partial charge in [0.2, 0.25) is 5.91 Å². The third-order valence-electron chi connectivity index (χ3n) is 4.17. The highest BCUT2D eigenvalue weighted by Crippen LogP contribution is 2.13. The van der Waals surface area contributed by atoms with E-state index in [-0.39, 0.29) is 35.5 Å². The monoisotopic (exact) mass is 317 g/mol. The number of urea groups is 1. The van der Waals surface area contributed by atoms with Crippen LogP contribution in [0.3, 0.4) is 0 Å². The molecular formula is C13H23N3O4S. The molecule has 0 unspecified atom stereocenters. The van der Waals surface area contributed by atoms with Gasteiger partial charge in [-0.2, -0.15) is 0 Å². The summed E-state index contributed by atoms with van der Waals surface area (Å²) in [4.78, 5) is 24.9. The fourth-order valence-corrected chi connectivity index (χ4v) is 4.28. The summed E-state index contributed by atoms with van der Waals surface area (Å²) in [5, 5.41) is 5.75. The first kappa shape index (κ1) is 16.1. The molecule has 7 nitrogen and oxygen atoms in total. The van der Waals surface area contributed by atoms with E-state index in [1.165, 1.54) is 0 Å². The number of hydrogen-bond donors (Lipinski definition) is 2. The second kappa shape index (κ2) is 6.64.